The Balaban J connectivity index is 2.33. The van der Waals surface area contributed by atoms with Gasteiger partial charge >= 0.3 is 0 Å². The lowest BCUT2D eigenvalue weighted by atomic mass is 9.87. The minimum atomic E-state index is -0.168. The molecule has 1 rings (SSSR count). The molecule has 2 N–H and O–H groups in total. The van der Waals surface area contributed by atoms with E-state index in [0.29, 0.717) is 0 Å². The van der Waals surface area contributed by atoms with Gasteiger partial charge in [0.25, 0.3) is 0 Å². The second-order valence-corrected chi connectivity index (χ2v) is 5.80. The molecule has 1 unspecified atom stereocenters. The minimum absolute atomic E-state index is 0.168. The third-order valence-electron chi connectivity index (χ3n) is 3.76. The Morgan fingerprint density at radius 1 is 0.944 bits per heavy atom. The van der Waals surface area contributed by atoms with Gasteiger partial charge in [-0.2, -0.15) is 0 Å². The molecule has 1 aromatic carbocycles. The third kappa shape index (κ3) is 5.22. The van der Waals surface area contributed by atoms with E-state index >= 15 is 0 Å². The van der Waals surface area contributed by atoms with Crippen LogP contribution in [0.3, 0.4) is 0 Å². The van der Waals surface area contributed by atoms with Crippen molar-refractivity contribution in [3.05, 3.63) is 35.4 Å². The topological polar surface area (TPSA) is 26.0 Å². The average molecular weight is 247 g/mol. The van der Waals surface area contributed by atoms with Crippen molar-refractivity contribution in [1.82, 2.24) is 0 Å². The average Bonchev–Trinajstić information content (AvgIpc) is 2.34. The zero-order valence-corrected chi connectivity index (χ0v) is 12.3. The summed E-state index contributed by atoms with van der Waals surface area (Å²) in [5, 5.41) is 0. The Bertz CT molecular complexity index is 324. The van der Waals surface area contributed by atoms with Crippen LogP contribution in [-0.4, -0.2) is 0 Å². The van der Waals surface area contributed by atoms with Crippen LogP contribution >= 0.6 is 0 Å². The van der Waals surface area contributed by atoms with Crippen LogP contribution < -0.4 is 5.73 Å². The van der Waals surface area contributed by atoms with E-state index in [0.717, 1.165) is 6.42 Å². The van der Waals surface area contributed by atoms with Crippen molar-refractivity contribution in [3.8, 4) is 0 Å². The largest absolute Gasteiger partial charge is 0.322 e. The fourth-order valence-corrected chi connectivity index (χ4v) is 2.35. The zero-order chi connectivity index (χ0) is 13.4. The third-order valence-corrected chi connectivity index (χ3v) is 3.76. The van der Waals surface area contributed by atoms with Gasteiger partial charge in [-0.15, -0.1) is 0 Å². The molecule has 1 atom stereocenters. The summed E-state index contributed by atoms with van der Waals surface area (Å²) in [4.78, 5) is 0. The van der Waals surface area contributed by atoms with E-state index in [-0.39, 0.29) is 5.54 Å². The van der Waals surface area contributed by atoms with Crippen LogP contribution in [0, 0.1) is 6.92 Å². The Labute approximate surface area is 113 Å². The number of benzene rings is 1. The first-order valence-electron chi connectivity index (χ1n) is 7.42. The highest BCUT2D eigenvalue weighted by Crippen LogP contribution is 2.24. The molecule has 0 aromatic heterocycles. The lowest BCUT2D eigenvalue weighted by Gasteiger charge is -2.25. The van der Waals surface area contributed by atoms with Gasteiger partial charge in [0, 0.05) is 5.54 Å². The van der Waals surface area contributed by atoms with Gasteiger partial charge in [0.05, 0.1) is 0 Å². The van der Waals surface area contributed by atoms with Crippen LogP contribution in [0.25, 0.3) is 0 Å². The van der Waals surface area contributed by atoms with E-state index in [1.165, 1.54) is 49.7 Å². The fraction of sp³-hybridized carbons (Fsp3) is 0.647. The summed E-state index contributed by atoms with van der Waals surface area (Å²) in [7, 11) is 0. The van der Waals surface area contributed by atoms with Gasteiger partial charge in [0.15, 0.2) is 0 Å². The highest BCUT2D eigenvalue weighted by atomic mass is 14.7. The van der Waals surface area contributed by atoms with Crippen molar-refractivity contribution >= 4 is 0 Å². The smallest absolute Gasteiger partial charge is 0.0381 e. The summed E-state index contributed by atoms with van der Waals surface area (Å²) in [5.41, 5.74) is 8.83. The van der Waals surface area contributed by atoms with Gasteiger partial charge < -0.3 is 5.73 Å². The molecule has 0 fully saturated rings. The minimum Gasteiger partial charge on any atom is -0.322 e. The predicted octanol–water partition coefficient (Wildman–Crippen LogP) is 4.92. The Morgan fingerprint density at radius 3 is 2.11 bits per heavy atom. The van der Waals surface area contributed by atoms with Gasteiger partial charge in [0.1, 0.15) is 0 Å². The van der Waals surface area contributed by atoms with Crippen molar-refractivity contribution in [2.45, 2.75) is 71.3 Å². The Kier molecular flexibility index (Phi) is 6.42. The van der Waals surface area contributed by atoms with Crippen molar-refractivity contribution in [2.75, 3.05) is 0 Å². The Morgan fingerprint density at radius 2 is 1.50 bits per heavy atom. The number of unbranched alkanes of at least 4 members (excludes halogenated alkanes) is 5. The molecule has 0 aliphatic heterocycles. The molecule has 0 aliphatic carbocycles. The van der Waals surface area contributed by atoms with E-state index in [4.69, 9.17) is 5.73 Å². The summed E-state index contributed by atoms with van der Waals surface area (Å²) in [6, 6.07) is 8.65. The molecule has 0 aliphatic rings. The van der Waals surface area contributed by atoms with Crippen LogP contribution in [0.15, 0.2) is 24.3 Å². The molecule has 1 aromatic rings. The second-order valence-electron chi connectivity index (χ2n) is 5.80. The summed E-state index contributed by atoms with van der Waals surface area (Å²) < 4.78 is 0. The molecule has 102 valence electrons. The number of hydrogen-bond donors (Lipinski definition) is 1. The van der Waals surface area contributed by atoms with Crippen molar-refractivity contribution in [1.29, 1.82) is 0 Å². The first-order chi connectivity index (χ1) is 8.56. The lowest BCUT2D eigenvalue weighted by Crippen LogP contribution is -2.32. The first kappa shape index (κ1) is 15.2. The van der Waals surface area contributed by atoms with Crippen LogP contribution in [0.2, 0.25) is 0 Å². The van der Waals surface area contributed by atoms with Gasteiger partial charge in [0.2, 0.25) is 0 Å². The molecular formula is C17H29N. The predicted molar refractivity (Wildman–Crippen MR) is 80.7 cm³/mol. The van der Waals surface area contributed by atoms with Crippen LogP contribution in [-0.2, 0) is 5.54 Å². The van der Waals surface area contributed by atoms with Crippen molar-refractivity contribution < 1.29 is 0 Å². The molecule has 1 heteroatoms. The molecule has 0 saturated carbocycles. The summed E-state index contributed by atoms with van der Waals surface area (Å²) >= 11 is 0. The summed E-state index contributed by atoms with van der Waals surface area (Å²) in [6.45, 7) is 6.53. The van der Waals surface area contributed by atoms with Crippen molar-refractivity contribution in [3.63, 3.8) is 0 Å². The van der Waals surface area contributed by atoms with E-state index in [9.17, 15) is 0 Å². The first-order valence-corrected chi connectivity index (χ1v) is 7.42. The lowest BCUT2D eigenvalue weighted by molar-refractivity contribution is 0.421. The molecule has 0 radical (unpaired) electrons. The van der Waals surface area contributed by atoms with E-state index in [1.54, 1.807) is 0 Å². The van der Waals surface area contributed by atoms with Gasteiger partial charge in [-0.1, -0.05) is 75.3 Å². The normalized spacial score (nSPS) is 14.4. The van der Waals surface area contributed by atoms with E-state index < -0.39 is 0 Å². The highest BCUT2D eigenvalue weighted by Gasteiger charge is 2.19. The number of aryl methyl sites for hydroxylation is 1. The molecular weight excluding hydrogens is 218 g/mol. The highest BCUT2D eigenvalue weighted by molar-refractivity contribution is 5.26. The maximum atomic E-state index is 6.43. The molecule has 0 amide bonds. The second kappa shape index (κ2) is 7.58. The monoisotopic (exact) mass is 247 g/mol. The molecule has 0 saturated heterocycles. The quantitative estimate of drug-likeness (QED) is 0.648. The van der Waals surface area contributed by atoms with E-state index in [1.807, 2.05) is 0 Å². The Hall–Kier alpha value is -0.820. The van der Waals surface area contributed by atoms with Crippen LogP contribution in [0.1, 0.15) is 69.9 Å². The maximum Gasteiger partial charge on any atom is 0.0381 e. The molecule has 0 heterocycles. The number of rotatable bonds is 8. The standard InChI is InChI=1S/C17H29N/c1-4-5-6-7-8-9-14-17(3,18)16-12-10-15(2)11-13-16/h10-13H,4-9,14,18H2,1-3H3. The number of nitrogens with two attached hydrogens (primary N) is 1. The summed E-state index contributed by atoms with van der Waals surface area (Å²) in [5.74, 6) is 0. The molecule has 1 nitrogen and oxygen atoms in total. The maximum absolute atomic E-state index is 6.43. The molecule has 18 heavy (non-hydrogen) atoms. The SMILES string of the molecule is CCCCCCCCC(C)(N)c1ccc(C)cc1. The van der Waals surface area contributed by atoms with Gasteiger partial charge in [-0.05, 0) is 25.8 Å². The van der Waals surface area contributed by atoms with Gasteiger partial charge in [-0.25, -0.2) is 0 Å². The fourth-order valence-electron chi connectivity index (χ4n) is 2.35. The van der Waals surface area contributed by atoms with Crippen LogP contribution in [0.5, 0.6) is 0 Å². The van der Waals surface area contributed by atoms with Crippen LogP contribution in [0.4, 0.5) is 0 Å². The molecule has 0 spiro atoms. The molecule has 0 bridgehead atoms. The number of hydrogen-bond acceptors (Lipinski definition) is 1. The van der Waals surface area contributed by atoms with E-state index in [2.05, 4.69) is 45.0 Å². The van der Waals surface area contributed by atoms with Crippen molar-refractivity contribution in [2.24, 2.45) is 5.73 Å². The van der Waals surface area contributed by atoms with Gasteiger partial charge in [-0.3, -0.25) is 0 Å². The summed E-state index contributed by atoms with van der Waals surface area (Å²) in [6.07, 6.45) is 9.07. The zero-order valence-electron chi connectivity index (χ0n) is 12.3.